The van der Waals surface area contributed by atoms with Crippen molar-refractivity contribution in [3.05, 3.63) is 24.3 Å². The summed E-state index contributed by atoms with van der Waals surface area (Å²) < 4.78 is 9.86. The van der Waals surface area contributed by atoms with E-state index in [2.05, 4.69) is 0 Å². The molecule has 1 unspecified atom stereocenters. The number of benzene rings is 1. The maximum Gasteiger partial charge on any atom is 0.304 e. The zero-order valence-corrected chi connectivity index (χ0v) is 11.6. The highest BCUT2D eigenvalue weighted by Gasteiger charge is 2.37. The summed E-state index contributed by atoms with van der Waals surface area (Å²) in [5, 5.41) is -0.0936. The number of hydrogen-bond donors (Lipinski definition) is 0. The molecule has 1 atom stereocenters. The number of β-lactam (4-membered cyclic amide) rings is 1. The first-order valence-corrected chi connectivity index (χ1v) is 6.71. The molecule has 1 amide bonds. The number of carbonyl (C=O) groups excluding carboxylic acids is 2. The summed E-state index contributed by atoms with van der Waals surface area (Å²) in [5.41, 5.74) is 0. The van der Waals surface area contributed by atoms with Crippen LogP contribution >= 0.6 is 11.8 Å². The quantitative estimate of drug-likeness (QED) is 0.605. The van der Waals surface area contributed by atoms with E-state index in [-0.39, 0.29) is 23.9 Å². The van der Waals surface area contributed by atoms with E-state index in [4.69, 9.17) is 9.47 Å². The lowest BCUT2D eigenvalue weighted by Crippen LogP contribution is -2.55. The average molecular weight is 281 g/mol. The number of thioether (sulfide) groups is 1. The van der Waals surface area contributed by atoms with Crippen molar-refractivity contribution in [2.75, 3.05) is 20.4 Å². The maximum absolute atomic E-state index is 11.8. The van der Waals surface area contributed by atoms with Crippen molar-refractivity contribution < 1.29 is 19.1 Å². The Labute approximate surface area is 115 Å². The van der Waals surface area contributed by atoms with Crippen LogP contribution in [-0.4, -0.2) is 42.4 Å². The second-order valence-electron chi connectivity index (χ2n) is 4.11. The van der Waals surface area contributed by atoms with Gasteiger partial charge in [-0.3, -0.25) is 9.59 Å². The summed E-state index contributed by atoms with van der Waals surface area (Å²) in [4.78, 5) is 25.0. The molecule has 1 saturated heterocycles. The lowest BCUT2D eigenvalue weighted by atomic mass is 10.2. The van der Waals surface area contributed by atoms with Gasteiger partial charge in [-0.2, -0.15) is 0 Å². The molecule has 0 bridgehead atoms. The smallest absolute Gasteiger partial charge is 0.304 e. The fourth-order valence-electron chi connectivity index (χ4n) is 1.65. The molecule has 0 radical (unpaired) electrons. The van der Waals surface area contributed by atoms with E-state index in [1.807, 2.05) is 24.3 Å². The molecule has 0 aromatic heterocycles. The molecule has 0 N–H and O–H groups in total. The first-order valence-electron chi connectivity index (χ1n) is 5.83. The Bertz CT molecular complexity index is 474. The summed E-state index contributed by atoms with van der Waals surface area (Å²) in [5.74, 6) is 0.418. The van der Waals surface area contributed by atoms with Gasteiger partial charge in [0.05, 0.1) is 7.11 Å². The number of rotatable bonds is 5. The number of hydrogen-bond acceptors (Lipinski definition) is 5. The van der Waals surface area contributed by atoms with Crippen molar-refractivity contribution in [3.63, 3.8) is 0 Å². The number of carbonyl (C=O) groups is 2. The Kier molecular flexibility index (Phi) is 4.31. The SMILES string of the molecule is COc1ccc(SC2CN(COC(C)=O)C2=O)cc1. The van der Waals surface area contributed by atoms with Crippen LogP contribution in [-0.2, 0) is 14.3 Å². The topological polar surface area (TPSA) is 55.8 Å². The van der Waals surface area contributed by atoms with Gasteiger partial charge in [0.2, 0.25) is 5.91 Å². The minimum Gasteiger partial charge on any atom is -0.497 e. The van der Waals surface area contributed by atoms with Crippen LogP contribution in [0.3, 0.4) is 0 Å². The molecule has 0 spiro atoms. The molecule has 1 aromatic carbocycles. The lowest BCUT2D eigenvalue weighted by Gasteiger charge is -2.37. The summed E-state index contributed by atoms with van der Waals surface area (Å²) >= 11 is 1.51. The van der Waals surface area contributed by atoms with Gasteiger partial charge in [-0.15, -0.1) is 11.8 Å². The van der Waals surface area contributed by atoms with Crippen LogP contribution < -0.4 is 4.74 Å². The van der Waals surface area contributed by atoms with Crippen molar-refractivity contribution in [2.24, 2.45) is 0 Å². The van der Waals surface area contributed by atoms with E-state index in [9.17, 15) is 9.59 Å². The summed E-state index contributed by atoms with van der Waals surface area (Å²) in [7, 11) is 1.62. The highest BCUT2D eigenvalue weighted by molar-refractivity contribution is 8.00. The first-order chi connectivity index (χ1) is 9.10. The minimum atomic E-state index is -0.376. The lowest BCUT2D eigenvalue weighted by molar-refractivity contribution is -0.156. The monoisotopic (exact) mass is 281 g/mol. The Hall–Kier alpha value is -1.69. The van der Waals surface area contributed by atoms with Gasteiger partial charge >= 0.3 is 5.97 Å². The van der Waals surface area contributed by atoms with E-state index >= 15 is 0 Å². The normalized spacial score (nSPS) is 17.9. The van der Waals surface area contributed by atoms with Gasteiger partial charge in [0.15, 0.2) is 6.73 Å². The molecule has 102 valence electrons. The molecular formula is C13H15NO4S. The predicted octanol–water partition coefficient (Wildman–Crippen LogP) is 1.52. The van der Waals surface area contributed by atoms with E-state index in [1.54, 1.807) is 7.11 Å². The molecule has 1 aromatic rings. The van der Waals surface area contributed by atoms with Crippen molar-refractivity contribution >= 4 is 23.6 Å². The molecule has 0 aliphatic carbocycles. The summed E-state index contributed by atoms with van der Waals surface area (Å²) in [6, 6.07) is 7.57. The Balaban J connectivity index is 1.82. The fraction of sp³-hybridized carbons (Fsp3) is 0.385. The van der Waals surface area contributed by atoms with Crippen molar-refractivity contribution in [1.82, 2.24) is 4.90 Å². The summed E-state index contributed by atoms with van der Waals surface area (Å²) in [6.07, 6.45) is 0. The van der Waals surface area contributed by atoms with Crippen molar-refractivity contribution in [1.29, 1.82) is 0 Å². The van der Waals surface area contributed by atoms with Crippen LogP contribution in [0.4, 0.5) is 0 Å². The Morgan fingerprint density at radius 2 is 2.11 bits per heavy atom. The first kappa shape index (κ1) is 13.7. The third-order valence-corrected chi connectivity index (χ3v) is 3.91. The molecule has 19 heavy (non-hydrogen) atoms. The highest BCUT2D eigenvalue weighted by Crippen LogP contribution is 2.31. The molecule has 1 fully saturated rings. The molecular weight excluding hydrogens is 266 g/mol. The highest BCUT2D eigenvalue weighted by atomic mass is 32.2. The maximum atomic E-state index is 11.8. The van der Waals surface area contributed by atoms with Gasteiger partial charge in [-0.05, 0) is 24.3 Å². The number of methoxy groups -OCH3 is 1. The van der Waals surface area contributed by atoms with Crippen molar-refractivity contribution in [2.45, 2.75) is 17.1 Å². The third-order valence-electron chi connectivity index (χ3n) is 2.73. The van der Waals surface area contributed by atoms with Gasteiger partial charge in [0.1, 0.15) is 11.0 Å². The predicted molar refractivity (Wildman–Crippen MR) is 71.0 cm³/mol. The molecule has 5 nitrogen and oxygen atoms in total. The van der Waals surface area contributed by atoms with E-state index in [0.717, 1.165) is 10.6 Å². The molecule has 1 heterocycles. The Morgan fingerprint density at radius 1 is 1.42 bits per heavy atom. The van der Waals surface area contributed by atoms with E-state index in [1.165, 1.54) is 23.6 Å². The van der Waals surface area contributed by atoms with Gasteiger partial charge in [0.25, 0.3) is 0 Å². The number of amides is 1. The van der Waals surface area contributed by atoms with Crippen LogP contribution in [0.25, 0.3) is 0 Å². The van der Waals surface area contributed by atoms with Crippen LogP contribution in [0.15, 0.2) is 29.2 Å². The van der Waals surface area contributed by atoms with Crippen LogP contribution in [0, 0.1) is 0 Å². The minimum absolute atomic E-state index is 0.00191. The number of ether oxygens (including phenoxy) is 2. The zero-order valence-electron chi connectivity index (χ0n) is 10.8. The second kappa shape index (κ2) is 5.97. The number of nitrogens with zero attached hydrogens (tertiary/aromatic N) is 1. The van der Waals surface area contributed by atoms with Gasteiger partial charge < -0.3 is 14.4 Å². The molecule has 1 aliphatic heterocycles. The molecule has 0 saturated carbocycles. The van der Waals surface area contributed by atoms with E-state index < -0.39 is 0 Å². The van der Waals surface area contributed by atoms with Gasteiger partial charge in [0, 0.05) is 18.4 Å². The second-order valence-corrected chi connectivity index (χ2v) is 5.38. The van der Waals surface area contributed by atoms with Crippen LogP contribution in [0.2, 0.25) is 0 Å². The third kappa shape index (κ3) is 3.41. The largest absolute Gasteiger partial charge is 0.497 e. The molecule has 6 heteroatoms. The van der Waals surface area contributed by atoms with Crippen LogP contribution in [0.1, 0.15) is 6.92 Å². The standard InChI is InChI=1S/C13H15NO4S/c1-9(15)18-8-14-7-12(13(14)16)19-11-5-3-10(17-2)4-6-11/h3-6,12H,7-8H2,1-2H3. The summed E-state index contributed by atoms with van der Waals surface area (Å²) in [6.45, 7) is 1.98. The fourth-order valence-corrected chi connectivity index (χ4v) is 2.78. The Morgan fingerprint density at radius 3 is 2.63 bits per heavy atom. The zero-order chi connectivity index (χ0) is 13.8. The molecule has 1 aliphatic rings. The van der Waals surface area contributed by atoms with Gasteiger partial charge in [-0.25, -0.2) is 0 Å². The van der Waals surface area contributed by atoms with E-state index in [0.29, 0.717) is 6.54 Å². The van der Waals surface area contributed by atoms with Gasteiger partial charge in [-0.1, -0.05) is 0 Å². The average Bonchev–Trinajstić information content (AvgIpc) is 2.42. The number of likely N-dealkylation sites (tertiary alicyclic amines) is 1. The number of esters is 1. The van der Waals surface area contributed by atoms with Crippen LogP contribution in [0.5, 0.6) is 5.75 Å². The van der Waals surface area contributed by atoms with Crippen molar-refractivity contribution in [3.8, 4) is 5.75 Å². The molecule has 2 rings (SSSR count).